The van der Waals surface area contributed by atoms with E-state index in [1.807, 2.05) is 6.92 Å². The van der Waals surface area contributed by atoms with E-state index >= 15 is 0 Å². The van der Waals surface area contributed by atoms with E-state index in [0.29, 0.717) is 17.3 Å². The van der Waals surface area contributed by atoms with Crippen LogP contribution >= 0.6 is 23.2 Å². The van der Waals surface area contributed by atoms with Gasteiger partial charge in [-0.2, -0.15) is 20.1 Å². The maximum absolute atomic E-state index is 5.92. The number of aromatic nitrogens is 5. The first-order valence-electron chi connectivity index (χ1n) is 5.36. The predicted octanol–water partition coefficient (Wildman–Crippen LogP) is 2.46. The molecule has 0 aromatic carbocycles. The number of hydrogen-bond donors (Lipinski definition) is 0. The summed E-state index contributed by atoms with van der Waals surface area (Å²) in [6, 6.07) is 0.177. The van der Waals surface area contributed by atoms with Crippen molar-refractivity contribution in [2.75, 3.05) is 6.61 Å². The quantitative estimate of drug-likeness (QED) is 0.864. The zero-order valence-electron chi connectivity index (χ0n) is 9.89. The molecule has 0 aliphatic carbocycles. The molecular weight excluding hydrogens is 277 g/mol. The van der Waals surface area contributed by atoms with E-state index in [1.165, 1.54) is 4.68 Å². The maximum atomic E-state index is 5.92. The third-order valence-corrected chi connectivity index (χ3v) is 2.60. The minimum absolute atomic E-state index is 0.0513. The molecule has 0 atom stereocenters. The summed E-state index contributed by atoms with van der Waals surface area (Å²) >= 11 is 11.7. The maximum Gasteiger partial charge on any atom is 0.322 e. The van der Waals surface area contributed by atoms with Crippen molar-refractivity contribution in [1.29, 1.82) is 0 Å². The molecule has 2 aromatic heterocycles. The van der Waals surface area contributed by atoms with Gasteiger partial charge in [-0.25, -0.2) is 4.68 Å². The Hall–Kier alpha value is -1.40. The Morgan fingerprint density at radius 1 is 1.28 bits per heavy atom. The SMILES string of the molecule is CCCOc1nc(Cl)nc(-n2cc(Cl)c(C)n2)n1. The van der Waals surface area contributed by atoms with Gasteiger partial charge >= 0.3 is 6.01 Å². The number of halogens is 2. The lowest BCUT2D eigenvalue weighted by atomic mass is 10.5. The highest BCUT2D eigenvalue weighted by atomic mass is 35.5. The minimum atomic E-state index is 0.0513. The zero-order valence-corrected chi connectivity index (χ0v) is 11.4. The number of hydrogen-bond acceptors (Lipinski definition) is 5. The molecule has 0 unspecified atom stereocenters. The van der Waals surface area contributed by atoms with Crippen molar-refractivity contribution in [3.8, 4) is 12.0 Å². The smallest absolute Gasteiger partial charge is 0.322 e. The second-order valence-corrected chi connectivity index (χ2v) is 4.29. The highest BCUT2D eigenvalue weighted by Crippen LogP contribution is 2.16. The van der Waals surface area contributed by atoms with E-state index in [1.54, 1.807) is 13.1 Å². The van der Waals surface area contributed by atoms with Crippen molar-refractivity contribution >= 4 is 23.2 Å². The van der Waals surface area contributed by atoms with Gasteiger partial charge in [-0.15, -0.1) is 0 Å². The van der Waals surface area contributed by atoms with E-state index in [0.717, 1.165) is 6.42 Å². The summed E-state index contributed by atoms with van der Waals surface area (Å²) in [5.74, 6) is 0.274. The van der Waals surface area contributed by atoms with Crippen LogP contribution in [0.4, 0.5) is 0 Å². The van der Waals surface area contributed by atoms with Gasteiger partial charge in [0, 0.05) is 0 Å². The molecule has 0 spiro atoms. The highest BCUT2D eigenvalue weighted by Gasteiger charge is 2.10. The van der Waals surface area contributed by atoms with E-state index in [-0.39, 0.29) is 17.2 Å². The van der Waals surface area contributed by atoms with E-state index in [9.17, 15) is 0 Å². The standard InChI is InChI=1S/C10H11Cl2N5O/c1-3-4-18-10-14-8(12)13-9(15-10)17-5-7(11)6(2)16-17/h5H,3-4H2,1-2H3. The number of ether oxygens (including phenoxy) is 1. The Bertz CT molecular complexity index is 538. The minimum Gasteiger partial charge on any atom is -0.463 e. The fraction of sp³-hybridized carbons (Fsp3) is 0.400. The molecule has 2 rings (SSSR count). The Kier molecular flexibility index (Phi) is 3.98. The second-order valence-electron chi connectivity index (χ2n) is 3.54. The van der Waals surface area contributed by atoms with Crippen LogP contribution in [0, 0.1) is 6.92 Å². The Balaban J connectivity index is 2.35. The van der Waals surface area contributed by atoms with Gasteiger partial charge in [0.05, 0.1) is 23.5 Å². The van der Waals surface area contributed by atoms with Crippen LogP contribution in [0.3, 0.4) is 0 Å². The number of aryl methyl sites for hydroxylation is 1. The van der Waals surface area contributed by atoms with Crippen LogP contribution < -0.4 is 4.74 Å². The summed E-state index contributed by atoms with van der Waals surface area (Å²) in [6.07, 6.45) is 2.46. The molecule has 6 nitrogen and oxygen atoms in total. The second kappa shape index (κ2) is 5.49. The topological polar surface area (TPSA) is 65.7 Å². The van der Waals surface area contributed by atoms with Crippen molar-refractivity contribution < 1.29 is 4.74 Å². The fourth-order valence-electron chi connectivity index (χ4n) is 1.22. The van der Waals surface area contributed by atoms with Gasteiger partial charge in [0.2, 0.25) is 5.28 Å². The van der Waals surface area contributed by atoms with Crippen molar-refractivity contribution in [1.82, 2.24) is 24.7 Å². The molecule has 0 radical (unpaired) electrons. The van der Waals surface area contributed by atoms with Crippen molar-refractivity contribution in [3.63, 3.8) is 0 Å². The van der Waals surface area contributed by atoms with Crippen LogP contribution in [0.5, 0.6) is 6.01 Å². The summed E-state index contributed by atoms with van der Waals surface area (Å²) in [7, 11) is 0. The highest BCUT2D eigenvalue weighted by molar-refractivity contribution is 6.31. The first-order valence-corrected chi connectivity index (χ1v) is 6.12. The van der Waals surface area contributed by atoms with Gasteiger partial charge in [0.1, 0.15) is 0 Å². The van der Waals surface area contributed by atoms with Gasteiger partial charge in [0.25, 0.3) is 5.95 Å². The van der Waals surface area contributed by atoms with Crippen LogP contribution in [0.15, 0.2) is 6.20 Å². The van der Waals surface area contributed by atoms with Crippen LogP contribution in [0.25, 0.3) is 5.95 Å². The molecule has 0 bridgehead atoms. The predicted molar refractivity (Wildman–Crippen MR) is 67.5 cm³/mol. The molecule has 0 saturated carbocycles. The fourth-order valence-corrected chi connectivity index (χ4v) is 1.50. The summed E-state index contributed by atoms with van der Waals surface area (Å²) in [4.78, 5) is 12.0. The first kappa shape index (κ1) is 13.0. The van der Waals surface area contributed by atoms with Crippen molar-refractivity contribution in [2.45, 2.75) is 20.3 Å². The molecule has 0 amide bonds. The lowest BCUT2D eigenvalue weighted by Crippen LogP contribution is -2.07. The molecular formula is C10H11Cl2N5O. The summed E-state index contributed by atoms with van der Waals surface area (Å²) in [5, 5.41) is 4.74. The van der Waals surface area contributed by atoms with Crippen LogP contribution in [0.1, 0.15) is 19.0 Å². The molecule has 96 valence electrons. The van der Waals surface area contributed by atoms with Gasteiger partial charge in [-0.05, 0) is 24.9 Å². The monoisotopic (exact) mass is 287 g/mol. The molecule has 0 N–H and O–H groups in total. The lowest BCUT2D eigenvalue weighted by molar-refractivity contribution is 0.290. The van der Waals surface area contributed by atoms with Crippen LogP contribution in [0.2, 0.25) is 10.3 Å². The summed E-state index contributed by atoms with van der Waals surface area (Å²) in [6.45, 7) is 4.29. The van der Waals surface area contributed by atoms with Crippen molar-refractivity contribution in [2.24, 2.45) is 0 Å². The Labute approximate surface area is 114 Å². The number of nitrogens with zero attached hydrogens (tertiary/aromatic N) is 5. The van der Waals surface area contributed by atoms with Gasteiger partial charge in [-0.1, -0.05) is 18.5 Å². The molecule has 2 heterocycles. The van der Waals surface area contributed by atoms with E-state index in [2.05, 4.69) is 20.1 Å². The molecule has 0 aliphatic heterocycles. The van der Waals surface area contributed by atoms with E-state index < -0.39 is 0 Å². The summed E-state index contributed by atoms with van der Waals surface area (Å²) in [5.41, 5.74) is 0.684. The van der Waals surface area contributed by atoms with Gasteiger partial charge in [-0.3, -0.25) is 0 Å². The molecule has 2 aromatic rings. The average molecular weight is 288 g/mol. The molecule has 18 heavy (non-hydrogen) atoms. The first-order chi connectivity index (χ1) is 8.60. The van der Waals surface area contributed by atoms with Gasteiger partial charge in [0.15, 0.2) is 0 Å². The Morgan fingerprint density at radius 3 is 2.67 bits per heavy atom. The zero-order chi connectivity index (χ0) is 13.1. The Morgan fingerprint density at radius 2 is 2.06 bits per heavy atom. The molecule has 0 fully saturated rings. The van der Waals surface area contributed by atoms with E-state index in [4.69, 9.17) is 27.9 Å². The molecule has 8 heteroatoms. The number of rotatable bonds is 4. The third kappa shape index (κ3) is 2.88. The van der Waals surface area contributed by atoms with Gasteiger partial charge < -0.3 is 4.74 Å². The summed E-state index contributed by atoms with van der Waals surface area (Å²) < 4.78 is 6.75. The molecule has 0 saturated heterocycles. The lowest BCUT2D eigenvalue weighted by Gasteiger charge is -2.04. The van der Waals surface area contributed by atoms with Crippen LogP contribution in [-0.4, -0.2) is 31.3 Å². The average Bonchev–Trinajstić information content (AvgIpc) is 2.66. The van der Waals surface area contributed by atoms with Crippen LogP contribution in [-0.2, 0) is 0 Å². The van der Waals surface area contributed by atoms with Crippen molar-refractivity contribution in [3.05, 3.63) is 22.2 Å². The largest absolute Gasteiger partial charge is 0.463 e. The molecule has 0 aliphatic rings. The normalized spacial score (nSPS) is 10.7. The third-order valence-electron chi connectivity index (χ3n) is 2.06.